The van der Waals surface area contributed by atoms with Crippen LogP contribution in [0, 0.1) is 12.8 Å². The zero-order valence-electron chi connectivity index (χ0n) is 16.2. The molecule has 5 rings (SSSR count). The van der Waals surface area contributed by atoms with Gasteiger partial charge in [0.15, 0.2) is 5.76 Å². The molecule has 0 aliphatic carbocycles. The van der Waals surface area contributed by atoms with E-state index in [1.807, 2.05) is 28.9 Å². The van der Waals surface area contributed by atoms with Gasteiger partial charge in [0.25, 0.3) is 5.91 Å². The van der Waals surface area contributed by atoms with E-state index in [0.29, 0.717) is 30.2 Å². The van der Waals surface area contributed by atoms with Crippen molar-refractivity contribution in [3.63, 3.8) is 0 Å². The number of hydrogen-bond acceptors (Lipinski definition) is 4. The van der Waals surface area contributed by atoms with Crippen LogP contribution in [0.4, 0.5) is 0 Å². The number of piperidine rings is 1. The van der Waals surface area contributed by atoms with Crippen molar-refractivity contribution >= 4 is 22.8 Å². The molecule has 6 nitrogen and oxygen atoms in total. The first-order valence-electron chi connectivity index (χ1n) is 9.70. The fourth-order valence-corrected chi connectivity index (χ4v) is 4.42. The second-order valence-electron chi connectivity index (χ2n) is 7.59. The fourth-order valence-electron chi connectivity index (χ4n) is 4.42. The Labute approximate surface area is 159 Å². The average Bonchev–Trinajstić information content (AvgIpc) is 2.82. The molecule has 0 unspecified atom stereocenters. The molecule has 0 saturated carbocycles. The molecule has 1 aromatic carbocycles. The second-order valence-corrected chi connectivity index (χ2v) is 7.59. The largest absolute Gasteiger partial charge is 0.497 e. The van der Waals surface area contributed by atoms with E-state index in [9.17, 15) is 9.59 Å². The molecular weight excluding hydrogens is 344 g/mol. The highest BCUT2D eigenvalue weighted by atomic mass is 16.5. The van der Waals surface area contributed by atoms with Crippen molar-refractivity contribution in [2.45, 2.75) is 39.2 Å². The Morgan fingerprint density at radius 1 is 1.30 bits per heavy atom. The molecule has 2 atom stereocenters. The maximum Gasteiger partial charge on any atom is 0.289 e. The van der Waals surface area contributed by atoms with Crippen LogP contribution in [0.5, 0.6) is 5.75 Å². The van der Waals surface area contributed by atoms with Gasteiger partial charge in [0.05, 0.1) is 13.0 Å². The lowest BCUT2D eigenvalue weighted by atomic mass is 9.94. The minimum absolute atomic E-state index is 0.0935. The highest BCUT2D eigenvalue weighted by Crippen LogP contribution is 2.33. The lowest BCUT2D eigenvalue weighted by Crippen LogP contribution is -2.48. The van der Waals surface area contributed by atoms with Gasteiger partial charge in [-0.2, -0.15) is 0 Å². The van der Waals surface area contributed by atoms with E-state index < -0.39 is 0 Å². The summed E-state index contributed by atoms with van der Waals surface area (Å²) < 4.78 is 11.2. The van der Waals surface area contributed by atoms with Crippen LogP contribution in [0.15, 0.2) is 22.6 Å². The molecule has 0 N–H and O–H groups in total. The fraction of sp³-hybridized carbons (Fsp3) is 0.524. The number of carbonyl (C=O) groups excluding carboxylic acids is 2. The van der Waals surface area contributed by atoms with E-state index in [0.717, 1.165) is 36.8 Å². The van der Waals surface area contributed by atoms with Crippen LogP contribution >= 0.6 is 0 Å². The lowest BCUT2D eigenvalue weighted by Gasteiger charge is -2.35. The van der Waals surface area contributed by atoms with E-state index in [1.165, 1.54) is 0 Å². The molecule has 4 heterocycles. The third-order valence-corrected chi connectivity index (χ3v) is 5.88. The zero-order valence-corrected chi connectivity index (χ0v) is 16.2. The minimum Gasteiger partial charge on any atom is -0.497 e. The molecule has 0 radical (unpaired) electrons. The SMILES string of the molecule is CCCN1C(=O)[C@@H]2CC[C@H]1CN(C(=O)c1oc3cc(OC)ccc3c1C)C2. The van der Waals surface area contributed by atoms with Crippen molar-refractivity contribution in [2.24, 2.45) is 5.92 Å². The van der Waals surface area contributed by atoms with Gasteiger partial charge in [-0.1, -0.05) is 6.92 Å². The monoisotopic (exact) mass is 370 g/mol. The molecule has 1 aromatic heterocycles. The number of nitrogens with zero attached hydrogens (tertiary/aromatic N) is 2. The van der Waals surface area contributed by atoms with Crippen molar-refractivity contribution in [1.82, 2.24) is 9.80 Å². The third-order valence-electron chi connectivity index (χ3n) is 5.88. The molecule has 3 aliphatic rings. The Morgan fingerprint density at radius 3 is 2.85 bits per heavy atom. The predicted molar refractivity (Wildman–Crippen MR) is 102 cm³/mol. The zero-order chi connectivity index (χ0) is 19.1. The van der Waals surface area contributed by atoms with Gasteiger partial charge in [-0.3, -0.25) is 9.59 Å². The van der Waals surface area contributed by atoms with Crippen LogP contribution in [0.25, 0.3) is 11.0 Å². The Morgan fingerprint density at radius 2 is 2.11 bits per heavy atom. The summed E-state index contributed by atoms with van der Waals surface area (Å²) in [4.78, 5) is 29.8. The van der Waals surface area contributed by atoms with Gasteiger partial charge >= 0.3 is 0 Å². The number of amides is 2. The van der Waals surface area contributed by atoms with Crippen molar-refractivity contribution in [1.29, 1.82) is 0 Å². The Balaban J connectivity index is 1.64. The number of fused-ring (bicyclic) bond motifs is 5. The van der Waals surface area contributed by atoms with Crippen LogP contribution in [0.3, 0.4) is 0 Å². The number of benzene rings is 1. The molecule has 3 saturated heterocycles. The highest BCUT2D eigenvalue weighted by Gasteiger charge is 2.42. The quantitative estimate of drug-likeness (QED) is 0.829. The first kappa shape index (κ1) is 17.9. The number of carbonyl (C=O) groups is 2. The number of methoxy groups -OCH3 is 1. The molecule has 2 bridgehead atoms. The first-order valence-corrected chi connectivity index (χ1v) is 9.70. The van der Waals surface area contributed by atoms with Gasteiger partial charge in [-0.15, -0.1) is 0 Å². The summed E-state index contributed by atoms with van der Waals surface area (Å²) >= 11 is 0. The number of rotatable bonds is 4. The standard InChI is InChI=1S/C21H26N2O4/c1-4-9-23-15-6-5-14(20(23)24)11-22(12-15)21(25)19-13(2)17-8-7-16(26-3)10-18(17)27-19/h7-8,10,14-15H,4-6,9,11-12H2,1-3H3/t14-,15+/m1/s1. The van der Waals surface area contributed by atoms with Gasteiger partial charge in [0.2, 0.25) is 5.91 Å². The Bertz CT molecular complexity index is 888. The van der Waals surface area contributed by atoms with Crippen molar-refractivity contribution < 1.29 is 18.7 Å². The van der Waals surface area contributed by atoms with Gasteiger partial charge in [-0.25, -0.2) is 0 Å². The summed E-state index contributed by atoms with van der Waals surface area (Å²) in [5.41, 5.74) is 1.49. The predicted octanol–water partition coefficient (Wildman–Crippen LogP) is 3.22. The highest BCUT2D eigenvalue weighted by molar-refractivity contribution is 5.99. The van der Waals surface area contributed by atoms with E-state index in [-0.39, 0.29) is 23.8 Å². The van der Waals surface area contributed by atoms with Crippen LogP contribution in [0.1, 0.15) is 42.3 Å². The second kappa shape index (κ2) is 6.91. The summed E-state index contributed by atoms with van der Waals surface area (Å²) in [6.45, 7) is 5.83. The van der Waals surface area contributed by atoms with E-state index in [2.05, 4.69) is 6.92 Å². The van der Waals surface area contributed by atoms with Gasteiger partial charge in [0.1, 0.15) is 11.3 Å². The molecule has 2 amide bonds. The summed E-state index contributed by atoms with van der Waals surface area (Å²) in [7, 11) is 1.61. The topological polar surface area (TPSA) is 63.0 Å². The van der Waals surface area contributed by atoms with Crippen LogP contribution in [-0.4, -0.2) is 54.4 Å². The van der Waals surface area contributed by atoms with E-state index in [1.54, 1.807) is 13.2 Å². The number of aryl methyl sites for hydroxylation is 1. The summed E-state index contributed by atoms with van der Waals surface area (Å²) in [5.74, 6) is 1.06. The molecule has 3 fully saturated rings. The van der Waals surface area contributed by atoms with E-state index >= 15 is 0 Å². The summed E-state index contributed by atoms with van der Waals surface area (Å²) in [6.07, 6.45) is 2.77. The van der Waals surface area contributed by atoms with Crippen molar-refractivity contribution in [3.8, 4) is 5.75 Å². The minimum atomic E-state index is -0.120. The molecule has 2 aromatic rings. The maximum atomic E-state index is 13.3. The smallest absolute Gasteiger partial charge is 0.289 e. The molecule has 0 spiro atoms. The normalized spacial score (nSPS) is 22.4. The maximum absolute atomic E-state index is 13.3. The Hall–Kier alpha value is -2.50. The molecule has 6 heteroatoms. The van der Waals surface area contributed by atoms with E-state index in [4.69, 9.17) is 9.15 Å². The Kier molecular flexibility index (Phi) is 4.58. The van der Waals surface area contributed by atoms with Crippen LogP contribution in [-0.2, 0) is 4.79 Å². The molecular formula is C21H26N2O4. The average molecular weight is 370 g/mol. The molecule has 27 heavy (non-hydrogen) atoms. The van der Waals surface area contributed by atoms with Crippen LogP contribution < -0.4 is 4.74 Å². The summed E-state index contributed by atoms with van der Waals surface area (Å²) in [5, 5.41) is 0.917. The molecule has 144 valence electrons. The van der Waals surface area contributed by atoms with Gasteiger partial charge in [-0.05, 0) is 38.3 Å². The summed E-state index contributed by atoms with van der Waals surface area (Å²) in [6, 6.07) is 5.71. The number of furan rings is 1. The third kappa shape index (κ3) is 2.97. The van der Waals surface area contributed by atoms with Crippen molar-refractivity contribution in [2.75, 3.05) is 26.7 Å². The number of hydrogen-bond donors (Lipinski definition) is 0. The molecule has 3 aliphatic heterocycles. The van der Waals surface area contributed by atoms with Crippen molar-refractivity contribution in [3.05, 3.63) is 29.5 Å². The first-order chi connectivity index (χ1) is 13.0. The van der Waals surface area contributed by atoms with Gasteiger partial charge < -0.3 is 19.0 Å². The lowest BCUT2D eigenvalue weighted by molar-refractivity contribution is -0.139. The number of ether oxygens (including phenoxy) is 1. The van der Waals surface area contributed by atoms with Gasteiger partial charge in [0, 0.05) is 42.7 Å². The van der Waals surface area contributed by atoms with Crippen LogP contribution in [0.2, 0.25) is 0 Å².